The average molecular weight is 114 g/mol. The Labute approximate surface area is 38.2 Å². The molecule has 0 bridgehead atoms. The van der Waals surface area contributed by atoms with Gasteiger partial charge in [0.05, 0.1) is 0 Å². The summed E-state index contributed by atoms with van der Waals surface area (Å²) in [4.78, 5) is 0. The Bertz CT molecular complexity index is 46.8. The summed E-state index contributed by atoms with van der Waals surface area (Å²) in [5.74, 6) is 0.333. The molecular weight excluding hydrogens is 107 g/mol. The number of hydrogen-bond donors (Lipinski definition) is 1. The van der Waals surface area contributed by atoms with E-state index in [9.17, 15) is 4.21 Å². The van der Waals surface area contributed by atoms with E-state index >= 15 is 0 Å². The molecule has 0 radical (unpaired) electrons. The van der Waals surface area contributed by atoms with Gasteiger partial charge in [0.15, 0.2) is 11.1 Å². The molecule has 0 saturated heterocycles. The Morgan fingerprint density at radius 1 is 1.83 bits per heavy atom. The van der Waals surface area contributed by atoms with Crippen molar-refractivity contribution < 1.29 is 13.5 Å². The second-order valence-electron chi connectivity index (χ2n) is 0.610. The minimum absolute atomic E-state index is 0. The quantitative estimate of drug-likeness (QED) is 0.500. The molecule has 0 saturated carbocycles. The van der Waals surface area contributed by atoms with Gasteiger partial charge in [-0.1, -0.05) is 6.92 Å². The molecule has 0 aliphatic rings. The molecule has 0 aromatic carbocycles. The molecule has 0 heterocycles. The molecular formula is C2H7FO2S. The fraction of sp³-hybridized carbons (Fsp3) is 1.00. The molecule has 0 aromatic heterocycles. The van der Waals surface area contributed by atoms with Crippen LogP contribution in [0.4, 0.5) is 4.70 Å². The Morgan fingerprint density at radius 3 is 2.00 bits per heavy atom. The van der Waals surface area contributed by atoms with Gasteiger partial charge in [-0.25, -0.2) is 4.21 Å². The molecule has 2 nitrogen and oxygen atoms in total. The maximum atomic E-state index is 9.48. The van der Waals surface area contributed by atoms with E-state index in [-0.39, 0.29) is 4.70 Å². The zero-order valence-corrected chi connectivity index (χ0v) is 4.20. The van der Waals surface area contributed by atoms with Crippen LogP contribution in [0.5, 0.6) is 0 Å². The third-order valence-corrected chi connectivity index (χ3v) is 0.741. The lowest BCUT2D eigenvalue weighted by atomic mass is 11.0. The van der Waals surface area contributed by atoms with Gasteiger partial charge in [0.25, 0.3) is 0 Å². The second kappa shape index (κ2) is 5.04. The maximum absolute atomic E-state index is 9.48. The van der Waals surface area contributed by atoms with Gasteiger partial charge < -0.3 is 4.55 Å². The van der Waals surface area contributed by atoms with Crippen molar-refractivity contribution in [1.29, 1.82) is 0 Å². The summed E-state index contributed by atoms with van der Waals surface area (Å²) < 4.78 is 17.3. The van der Waals surface area contributed by atoms with Crippen molar-refractivity contribution in [3.05, 3.63) is 0 Å². The minimum atomic E-state index is -1.57. The first-order valence-corrected chi connectivity index (χ1v) is 2.62. The van der Waals surface area contributed by atoms with Crippen molar-refractivity contribution in [3.63, 3.8) is 0 Å². The monoisotopic (exact) mass is 114 g/mol. The van der Waals surface area contributed by atoms with Crippen LogP contribution in [-0.2, 0) is 11.1 Å². The molecule has 1 atom stereocenters. The van der Waals surface area contributed by atoms with Crippen LogP contribution in [0.2, 0.25) is 0 Å². The summed E-state index contributed by atoms with van der Waals surface area (Å²) in [6, 6.07) is 0. The molecule has 0 spiro atoms. The standard InChI is InChI=1S/C2H6O2S.FH/c1-2-5(3)4;/h2H2,1H3,(H,3,4);1H. The van der Waals surface area contributed by atoms with Gasteiger partial charge in [-0.3, -0.25) is 4.70 Å². The van der Waals surface area contributed by atoms with Crippen LogP contribution in [-0.4, -0.2) is 14.5 Å². The van der Waals surface area contributed by atoms with Gasteiger partial charge >= 0.3 is 0 Å². The molecule has 0 aliphatic heterocycles. The highest BCUT2D eigenvalue weighted by atomic mass is 32.2. The van der Waals surface area contributed by atoms with Crippen LogP contribution in [0.15, 0.2) is 0 Å². The summed E-state index contributed by atoms with van der Waals surface area (Å²) in [7, 11) is 0. The predicted molar refractivity (Wildman–Crippen MR) is 23.8 cm³/mol. The van der Waals surface area contributed by atoms with Crippen molar-refractivity contribution in [2.45, 2.75) is 6.92 Å². The van der Waals surface area contributed by atoms with Gasteiger partial charge in [-0.15, -0.1) is 0 Å². The predicted octanol–water partition coefficient (Wildman–Crippen LogP) is 0.381. The maximum Gasteiger partial charge on any atom is 0.152 e. The van der Waals surface area contributed by atoms with Crippen molar-refractivity contribution in [3.8, 4) is 0 Å². The van der Waals surface area contributed by atoms with Crippen LogP contribution in [0, 0.1) is 0 Å². The first-order valence-electron chi connectivity index (χ1n) is 1.35. The van der Waals surface area contributed by atoms with E-state index < -0.39 is 11.1 Å². The van der Waals surface area contributed by atoms with Crippen LogP contribution in [0.1, 0.15) is 6.92 Å². The molecule has 1 N–H and O–H groups in total. The van der Waals surface area contributed by atoms with Gasteiger partial charge in [-0.05, 0) is 0 Å². The smallest absolute Gasteiger partial charge is 0.152 e. The topological polar surface area (TPSA) is 37.3 Å². The van der Waals surface area contributed by atoms with E-state index in [1.165, 1.54) is 0 Å². The van der Waals surface area contributed by atoms with Crippen LogP contribution >= 0.6 is 0 Å². The van der Waals surface area contributed by atoms with Crippen LogP contribution in [0.3, 0.4) is 0 Å². The van der Waals surface area contributed by atoms with Gasteiger partial charge in [0, 0.05) is 5.75 Å². The van der Waals surface area contributed by atoms with Crippen LogP contribution < -0.4 is 0 Å². The summed E-state index contributed by atoms with van der Waals surface area (Å²) in [5.41, 5.74) is 0. The fourth-order valence-electron chi connectivity index (χ4n) is 0. The van der Waals surface area contributed by atoms with Gasteiger partial charge in [0.2, 0.25) is 0 Å². The zero-order valence-electron chi connectivity index (χ0n) is 3.38. The highest BCUT2D eigenvalue weighted by molar-refractivity contribution is 7.79. The first kappa shape index (κ1) is 9.40. The Hall–Kier alpha value is 0.0400. The third kappa shape index (κ3) is 8.97. The van der Waals surface area contributed by atoms with Crippen molar-refractivity contribution in [1.82, 2.24) is 0 Å². The van der Waals surface area contributed by atoms with E-state index in [0.717, 1.165) is 0 Å². The molecule has 0 rings (SSSR count). The summed E-state index contributed by atoms with van der Waals surface area (Å²) in [6.45, 7) is 1.65. The second-order valence-corrected chi connectivity index (χ2v) is 1.83. The highest BCUT2D eigenvalue weighted by Gasteiger charge is 1.76. The number of rotatable bonds is 1. The third-order valence-electron chi connectivity index (χ3n) is 0.247. The number of halogens is 1. The van der Waals surface area contributed by atoms with E-state index in [1.807, 2.05) is 0 Å². The Kier molecular flexibility index (Phi) is 7.90. The lowest BCUT2D eigenvalue weighted by molar-refractivity contribution is 0.566. The Morgan fingerprint density at radius 2 is 2.00 bits per heavy atom. The summed E-state index contributed by atoms with van der Waals surface area (Å²) in [5, 5.41) is 0. The SMILES string of the molecule is CCS(=O)O.F. The largest absolute Gasteiger partial charge is 0.306 e. The van der Waals surface area contributed by atoms with E-state index in [1.54, 1.807) is 6.92 Å². The molecule has 6 heavy (non-hydrogen) atoms. The molecule has 0 aromatic rings. The van der Waals surface area contributed by atoms with Gasteiger partial charge in [0.1, 0.15) is 0 Å². The molecule has 4 heteroatoms. The molecule has 0 amide bonds. The first-order chi connectivity index (χ1) is 2.27. The van der Waals surface area contributed by atoms with Crippen molar-refractivity contribution >= 4 is 11.1 Å². The lowest BCUT2D eigenvalue weighted by Crippen LogP contribution is -1.85. The lowest BCUT2D eigenvalue weighted by Gasteiger charge is -1.73. The van der Waals surface area contributed by atoms with E-state index in [0.29, 0.717) is 5.75 Å². The average Bonchev–Trinajstić information content (AvgIpc) is 1.38. The van der Waals surface area contributed by atoms with E-state index in [2.05, 4.69) is 0 Å². The van der Waals surface area contributed by atoms with Crippen molar-refractivity contribution in [2.24, 2.45) is 0 Å². The van der Waals surface area contributed by atoms with Gasteiger partial charge in [-0.2, -0.15) is 0 Å². The zero-order chi connectivity index (χ0) is 4.28. The van der Waals surface area contributed by atoms with Crippen LogP contribution in [0.25, 0.3) is 0 Å². The molecule has 1 unspecified atom stereocenters. The van der Waals surface area contributed by atoms with Crippen molar-refractivity contribution in [2.75, 3.05) is 5.75 Å². The minimum Gasteiger partial charge on any atom is -0.306 e. The summed E-state index contributed by atoms with van der Waals surface area (Å²) >= 11 is -1.57. The molecule has 40 valence electrons. The molecule has 0 aliphatic carbocycles. The number of hydrogen-bond acceptors (Lipinski definition) is 1. The Balaban J connectivity index is 0. The van der Waals surface area contributed by atoms with E-state index in [4.69, 9.17) is 4.55 Å². The highest BCUT2D eigenvalue weighted by Crippen LogP contribution is 1.63. The molecule has 0 fully saturated rings. The fourth-order valence-corrected chi connectivity index (χ4v) is 0. The summed E-state index contributed by atoms with van der Waals surface area (Å²) in [6.07, 6.45) is 0. The normalized spacial score (nSPS) is 12.3.